The van der Waals surface area contributed by atoms with Gasteiger partial charge < -0.3 is 14.4 Å². The molecule has 0 fully saturated rings. The molecule has 162 valence electrons. The monoisotopic (exact) mass is 460 g/mol. The molecule has 0 radical (unpaired) electrons. The number of Topliss-reactive ketones (excluding diaryl/α,β-unsaturated/α-hetero) is 1. The predicted molar refractivity (Wildman–Crippen MR) is 120 cm³/mol. The summed E-state index contributed by atoms with van der Waals surface area (Å²) in [5.74, 6) is 2.31. The lowest BCUT2D eigenvalue weighted by molar-refractivity contribution is -0.145. The molecule has 2 aliphatic rings. The number of nitrogens with zero attached hydrogens (tertiary/aromatic N) is 2. The van der Waals surface area contributed by atoms with Crippen molar-refractivity contribution in [2.45, 2.75) is 13.3 Å². The number of halogens is 1. The van der Waals surface area contributed by atoms with E-state index in [1.165, 1.54) is 29.0 Å². The van der Waals surface area contributed by atoms with Gasteiger partial charge in [-0.2, -0.15) is 4.40 Å². The van der Waals surface area contributed by atoms with Crippen LogP contribution in [0.5, 0.6) is 5.75 Å². The summed E-state index contributed by atoms with van der Waals surface area (Å²) < 4.78 is 14.2. The summed E-state index contributed by atoms with van der Waals surface area (Å²) in [6.45, 7) is 2.02. The normalized spacial score (nSPS) is 15.0. The summed E-state index contributed by atoms with van der Waals surface area (Å²) >= 11 is 7.50. The Bertz CT molecular complexity index is 1040. The summed E-state index contributed by atoms with van der Waals surface area (Å²) in [6.07, 6.45) is 6.03. The molecule has 1 amide bonds. The topological polar surface area (TPSA) is 85.3 Å². The number of hydrogen-bond acceptors (Lipinski definition) is 7. The van der Waals surface area contributed by atoms with E-state index in [0.717, 1.165) is 11.1 Å². The van der Waals surface area contributed by atoms with Gasteiger partial charge in [-0.05, 0) is 60.7 Å². The number of rotatable bonds is 8. The Kier molecular flexibility index (Phi) is 7.74. The lowest BCUT2D eigenvalue weighted by Gasteiger charge is -2.16. The fraction of sp³-hybridized carbons (Fsp3) is 0.318. The minimum absolute atomic E-state index is 0.0586. The van der Waals surface area contributed by atoms with E-state index in [0.29, 0.717) is 24.1 Å². The molecule has 0 bridgehead atoms. The van der Waals surface area contributed by atoms with Gasteiger partial charge in [0.05, 0.1) is 18.2 Å². The zero-order valence-corrected chi connectivity index (χ0v) is 18.7. The summed E-state index contributed by atoms with van der Waals surface area (Å²) in [7, 11) is 0. The first-order valence-electron chi connectivity index (χ1n) is 9.58. The third-order valence-electron chi connectivity index (χ3n) is 4.65. The first-order valence-corrected chi connectivity index (χ1v) is 11.1. The van der Waals surface area contributed by atoms with E-state index < -0.39 is 5.97 Å². The van der Waals surface area contributed by atoms with Crippen LogP contribution in [-0.2, 0) is 14.3 Å². The van der Waals surface area contributed by atoms with E-state index in [9.17, 15) is 14.4 Å². The second kappa shape index (κ2) is 10.5. The van der Waals surface area contributed by atoms with Crippen molar-refractivity contribution in [2.24, 2.45) is 4.40 Å². The fourth-order valence-electron chi connectivity index (χ4n) is 3.23. The van der Waals surface area contributed by atoms with Crippen LogP contribution in [0, 0.1) is 0 Å². The molecule has 0 unspecified atom stereocenters. The zero-order valence-electron chi connectivity index (χ0n) is 17.1. The van der Waals surface area contributed by atoms with Gasteiger partial charge in [-0.25, -0.2) is 4.79 Å². The first-order chi connectivity index (χ1) is 14.9. The maximum atomic E-state index is 12.7. The second-order valence-corrected chi connectivity index (χ2v) is 7.72. The number of amides is 1. The van der Waals surface area contributed by atoms with Gasteiger partial charge in [0.1, 0.15) is 5.75 Å². The van der Waals surface area contributed by atoms with Gasteiger partial charge in [-0.3, -0.25) is 9.59 Å². The number of allylic oxidation sites excluding steroid dienone is 2. The second-order valence-electron chi connectivity index (χ2n) is 6.76. The predicted octanol–water partition coefficient (Wildman–Crippen LogP) is 3.44. The van der Waals surface area contributed by atoms with Gasteiger partial charge in [0.15, 0.2) is 12.4 Å². The Hall–Kier alpha value is -2.80. The van der Waals surface area contributed by atoms with Crippen molar-refractivity contribution >= 4 is 47.1 Å². The quantitative estimate of drug-likeness (QED) is 0.256. The minimum Gasteiger partial charge on any atom is -0.480 e. The first kappa shape index (κ1) is 22.9. The summed E-state index contributed by atoms with van der Waals surface area (Å²) in [6, 6.07) is 4.55. The van der Waals surface area contributed by atoms with E-state index >= 15 is 0 Å². The Morgan fingerprint density at radius 2 is 2.13 bits per heavy atom. The van der Waals surface area contributed by atoms with Crippen molar-refractivity contribution in [3.05, 3.63) is 57.7 Å². The molecule has 0 N–H and O–H groups in total. The van der Waals surface area contributed by atoms with E-state index in [-0.39, 0.29) is 42.2 Å². The average Bonchev–Trinajstić information content (AvgIpc) is 3.06. The smallest absolute Gasteiger partial charge is 0.344 e. The molecule has 1 aliphatic carbocycles. The zero-order chi connectivity index (χ0) is 22.4. The van der Waals surface area contributed by atoms with Gasteiger partial charge in [-0.15, -0.1) is 0 Å². The van der Waals surface area contributed by atoms with Crippen LogP contribution in [0.1, 0.15) is 23.7 Å². The van der Waals surface area contributed by atoms with Crippen LogP contribution >= 0.6 is 23.5 Å². The highest BCUT2D eigenvalue weighted by Crippen LogP contribution is 2.30. The number of carbonyl (C=O) groups is 3. The maximum absolute atomic E-state index is 12.7. The number of benzene rings is 1. The van der Waals surface area contributed by atoms with Crippen LogP contribution in [-0.4, -0.2) is 61.0 Å². The SMILES string of the molecule is CCOC(=O)COc1ccc(C(=O)CN2CC3=C(C=CC(=C=NSC)C3)C2=O)cc1Cl. The Morgan fingerprint density at radius 1 is 1.32 bits per heavy atom. The molecular formula is C22H21ClN2O5S. The molecule has 0 saturated carbocycles. The van der Waals surface area contributed by atoms with Crippen molar-refractivity contribution in [1.29, 1.82) is 0 Å². The Morgan fingerprint density at radius 3 is 2.84 bits per heavy atom. The van der Waals surface area contributed by atoms with Crippen LogP contribution in [0.3, 0.4) is 0 Å². The van der Waals surface area contributed by atoms with Crippen LogP contribution in [0.25, 0.3) is 0 Å². The number of ketones is 1. The highest BCUT2D eigenvalue weighted by molar-refractivity contribution is 7.97. The molecule has 3 rings (SSSR count). The van der Waals surface area contributed by atoms with E-state index in [1.807, 2.05) is 12.3 Å². The number of ether oxygens (including phenoxy) is 2. The molecular weight excluding hydrogens is 440 g/mol. The van der Waals surface area contributed by atoms with Gasteiger partial charge in [0.2, 0.25) is 0 Å². The molecule has 9 heteroatoms. The number of hydrogen-bond donors (Lipinski definition) is 0. The van der Waals surface area contributed by atoms with Crippen molar-refractivity contribution in [3.8, 4) is 5.75 Å². The minimum atomic E-state index is -0.505. The summed E-state index contributed by atoms with van der Waals surface area (Å²) in [5.41, 5.74) is 2.84. The lowest BCUT2D eigenvalue weighted by Crippen LogP contribution is -2.32. The molecule has 1 heterocycles. The third-order valence-corrected chi connectivity index (χ3v) is 5.22. The van der Waals surface area contributed by atoms with Crippen molar-refractivity contribution in [1.82, 2.24) is 4.90 Å². The molecule has 0 atom stereocenters. The Balaban J connectivity index is 1.62. The average molecular weight is 461 g/mol. The van der Waals surface area contributed by atoms with Crippen LogP contribution in [0.4, 0.5) is 0 Å². The maximum Gasteiger partial charge on any atom is 0.344 e. The van der Waals surface area contributed by atoms with Crippen molar-refractivity contribution in [3.63, 3.8) is 0 Å². The molecule has 0 saturated heterocycles. The van der Waals surface area contributed by atoms with Gasteiger partial charge in [0.25, 0.3) is 5.91 Å². The highest BCUT2D eigenvalue weighted by atomic mass is 35.5. The highest BCUT2D eigenvalue weighted by Gasteiger charge is 2.32. The van der Waals surface area contributed by atoms with Gasteiger partial charge in [-0.1, -0.05) is 11.6 Å². The molecule has 31 heavy (non-hydrogen) atoms. The van der Waals surface area contributed by atoms with Gasteiger partial charge >= 0.3 is 5.97 Å². The third kappa shape index (κ3) is 5.67. The summed E-state index contributed by atoms with van der Waals surface area (Å²) in [5, 5.41) is 0.200. The van der Waals surface area contributed by atoms with E-state index in [2.05, 4.69) is 10.3 Å². The Labute approximate surface area is 189 Å². The van der Waals surface area contributed by atoms with Crippen LogP contribution < -0.4 is 4.74 Å². The van der Waals surface area contributed by atoms with Crippen LogP contribution in [0.2, 0.25) is 5.02 Å². The molecule has 0 spiro atoms. The van der Waals surface area contributed by atoms with E-state index in [4.69, 9.17) is 21.1 Å². The van der Waals surface area contributed by atoms with Crippen molar-refractivity contribution in [2.75, 3.05) is 32.6 Å². The largest absolute Gasteiger partial charge is 0.480 e. The molecule has 0 aromatic heterocycles. The standard InChI is InChI=1S/C22H21ClN2O5S/c1-3-29-21(27)13-30-20-7-5-15(9-18(20)23)19(26)12-25-11-16-8-14(10-24-31-2)4-6-17(16)22(25)28/h4-7,9H,3,8,11-13H2,1-2H3. The molecule has 7 nitrogen and oxygen atoms in total. The van der Waals surface area contributed by atoms with Crippen molar-refractivity contribution < 1.29 is 23.9 Å². The molecule has 1 aromatic carbocycles. The van der Waals surface area contributed by atoms with Crippen LogP contribution in [0.15, 0.2) is 51.5 Å². The molecule has 1 aromatic rings. The molecule has 1 aliphatic heterocycles. The number of esters is 1. The number of carbonyl (C=O) groups excluding carboxylic acids is 3. The van der Waals surface area contributed by atoms with Gasteiger partial charge in [0, 0.05) is 35.9 Å². The summed E-state index contributed by atoms with van der Waals surface area (Å²) in [4.78, 5) is 38.3. The fourth-order valence-corrected chi connectivity index (χ4v) is 3.67. The lowest BCUT2D eigenvalue weighted by atomic mass is 9.97. The van der Waals surface area contributed by atoms with E-state index in [1.54, 1.807) is 19.1 Å².